The van der Waals surface area contributed by atoms with Crippen LogP contribution in [-0.2, 0) is 4.79 Å². The maximum Gasteiger partial charge on any atom is 0.329 e. The number of carbonyl (C=O) groups is 2. The van der Waals surface area contributed by atoms with Crippen LogP contribution in [0.4, 0.5) is 4.79 Å². The summed E-state index contributed by atoms with van der Waals surface area (Å²) in [5.74, 6) is -0.976. The highest BCUT2D eigenvalue weighted by molar-refractivity contribution is 5.86. The molecule has 1 aliphatic heterocycles. The summed E-state index contributed by atoms with van der Waals surface area (Å²) in [6.07, 6.45) is 2.07. The number of carbonyl (C=O) groups excluding carboxylic acids is 1. The monoisotopic (exact) mass is 272 g/mol. The van der Waals surface area contributed by atoms with Gasteiger partial charge in [0.2, 0.25) is 0 Å². The number of piperidine rings is 1. The van der Waals surface area contributed by atoms with E-state index in [4.69, 9.17) is 0 Å². The Morgan fingerprint density at radius 3 is 2.42 bits per heavy atom. The summed E-state index contributed by atoms with van der Waals surface area (Å²) in [6, 6.07) is -0.344. The highest BCUT2D eigenvalue weighted by Crippen LogP contribution is 2.30. The Balaban J connectivity index is 2.99. The summed E-state index contributed by atoms with van der Waals surface area (Å²) in [7, 11) is 1.59. The van der Waals surface area contributed by atoms with E-state index in [0.29, 0.717) is 13.0 Å². The van der Waals surface area contributed by atoms with E-state index in [9.17, 15) is 19.8 Å². The third-order valence-corrected chi connectivity index (χ3v) is 4.16. The van der Waals surface area contributed by atoms with Crippen molar-refractivity contribution in [1.29, 1.82) is 0 Å². The van der Waals surface area contributed by atoms with Crippen LogP contribution in [0.3, 0.4) is 0 Å². The highest BCUT2D eigenvalue weighted by atomic mass is 16.4. The zero-order chi connectivity index (χ0) is 14.8. The molecular weight excluding hydrogens is 248 g/mol. The number of aliphatic carboxylic acids is 1. The number of likely N-dealkylation sites (N-methyl/N-ethyl adjacent to an activating group) is 1. The van der Waals surface area contributed by atoms with Gasteiger partial charge in [0.05, 0.1) is 12.1 Å². The van der Waals surface area contributed by atoms with E-state index in [1.807, 2.05) is 0 Å². The molecule has 2 amide bonds. The van der Waals surface area contributed by atoms with Crippen LogP contribution < -0.4 is 0 Å². The minimum absolute atomic E-state index is 0.174. The lowest BCUT2D eigenvalue weighted by Gasteiger charge is -2.46. The summed E-state index contributed by atoms with van der Waals surface area (Å²) in [4.78, 5) is 26.8. The summed E-state index contributed by atoms with van der Waals surface area (Å²) < 4.78 is 0. The summed E-state index contributed by atoms with van der Waals surface area (Å²) in [5, 5.41) is 18.7. The fourth-order valence-corrected chi connectivity index (χ4v) is 2.20. The summed E-state index contributed by atoms with van der Waals surface area (Å²) in [6.45, 7) is 5.34. The van der Waals surface area contributed by atoms with Gasteiger partial charge in [0.1, 0.15) is 5.54 Å². The molecule has 0 saturated carbocycles. The molecule has 0 aromatic heterocycles. The molecule has 6 heteroatoms. The zero-order valence-electron chi connectivity index (χ0n) is 12.1. The number of hydrogen-bond acceptors (Lipinski definition) is 3. The number of rotatable bonds is 3. The largest absolute Gasteiger partial charge is 0.480 e. The Hall–Kier alpha value is -1.30. The molecule has 1 heterocycles. The van der Waals surface area contributed by atoms with E-state index < -0.39 is 17.0 Å². The fourth-order valence-electron chi connectivity index (χ4n) is 2.20. The zero-order valence-corrected chi connectivity index (χ0v) is 12.1. The van der Waals surface area contributed by atoms with Gasteiger partial charge in [0, 0.05) is 13.6 Å². The SMILES string of the molecule is CN(C(=O)N1CCCCC1(C)C(=O)O)C(C)(C)CO. The average Bonchev–Trinajstić information content (AvgIpc) is 2.37. The van der Waals surface area contributed by atoms with Gasteiger partial charge in [-0.3, -0.25) is 0 Å². The van der Waals surface area contributed by atoms with Crippen molar-refractivity contribution in [3.8, 4) is 0 Å². The van der Waals surface area contributed by atoms with Gasteiger partial charge >= 0.3 is 12.0 Å². The smallest absolute Gasteiger partial charge is 0.329 e. The van der Waals surface area contributed by atoms with E-state index >= 15 is 0 Å². The van der Waals surface area contributed by atoms with Crippen molar-refractivity contribution < 1.29 is 19.8 Å². The number of nitrogens with zero attached hydrogens (tertiary/aromatic N) is 2. The summed E-state index contributed by atoms with van der Waals surface area (Å²) >= 11 is 0. The molecule has 1 atom stereocenters. The van der Waals surface area contributed by atoms with Crippen LogP contribution >= 0.6 is 0 Å². The van der Waals surface area contributed by atoms with E-state index in [1.165, 1.54) is 9.80 Å². The predicted molar refractivity (Wildman–Crippen MR) is 70.9 cm³/mol. The third kappa shape index (κ3) is 2.83. The minimum Gasteiger partial charge on any atom is -0.480 e. The van der Waals surface area contributed by atoms with Crippen molar-refractivity contribution in [2.45, 2.75) is 51.1 Å². The van der Waals surface area contributed by atoms with Gasteiger partial charge in [-0.1, -0.05) is 0 Å². The van der Waals surface area contributed by atoms with Crippen molar-refractivity contribution >= 4 is 12.0 Å². The molecule has 1 saturated heterocycles. The Morgan fingerprint density at radius 2 is 1.95 bits per heavy atom. The molecule has 2 N–H and O–H groups in total. The van der Waals surface area contributed by atoms with Gasteiger partial charge in [-0.15, -0.1) is 0 Å². The van der Waals surface area contributed by atoms with Gasteiger partial charge in [0.15, 0.2) is 0 Å². The van der Waals surface area contributed by atoms with Crippen LogP contribution in [0, 0.1) is 0 Å². The number of amides is 2. The second-order valence-corrected chi connectivity index (χ2v) is 6.00. The van der Waals surface area contributed by atoms with Gasteiger partial charge in [-0.2, -0.15) is 0 Å². The maximum atomic E-state index is 12.5. The van der Waals surface area contributed by atoms with Crippen LogP contribution in [0.5, 0.6) is 0 Å². The van der Waals surface area contributed by atoms with Crippen molar-refractivity contribution in [2.75, 3.05) is 20.2 Å². The lowest BCUT2D eigenvalue weighted by atomic mass is 9.88. The number of aliphatic hydroxyl groups is 1. The lowest BCUT2D eigenvalue weighted by Crippen LogP contribution is -2.63. The molecule has 0 radical (unpaired) electrons. The number of likely N-dealkylation sites (tertiary alicyclic amines) is 1. The van der Waals surface area contributed by atoms with Crippen molar-refractivity contribution in [3.05, 3.63) is 0 Å². The minimum atomic E-state index is -1.16. The molecule has 0 aromatic carbocycles. The molecule has 0 aliphatic carbocycles. The first-order valence-corrected chi connectivity index (χ1v) is 6.56. The molecule has 1 unspecified atom stereocenters. The maximum absolute atomic E-state index is 12.5. The number of carboxylic acid groups (broad SMARTS) is 1. The van der Waals surface area contributed by atoms with Gasteiger partial charge in [-0.05, 0) is 40.0 Å². The van der Waals surface area contributed by atoms with Crippen LogP contribution in [0.1, 0.15) is 40.0 Å². The van der Waals surface area contributed by atoms with Gasteiger partial charge in [0.25, 0.3) is 0 Å². The first kappa shape index (κ1) is 15.8. The van der Waals surface area contributed by atoms with E-state index in [1.54, 1.807) is 27.8 Å². The van der Waals surface area contributed by atoms with Crippen LogP contribution in [0.2, 0.25) is 0 Å². The highest BCUT2D eigenvalue weighted by Gasteiger charge is 2.46. The van der Waals surface area contributed by atoms with Crippen molar-refractivity contribution in [2.24, 2.45) is 0 Å². The first-order chi connectivity index (χ1) is 8.66. The lowest BCUT2D eigenvalue weighted by molar-refractivity contribution is -0.151. The van der Waals surface area contributed by atoms with Crippen molar-refractivity contribution in [3.63, 3.8) is 0 Å². The van der Waals surface area contributed by atoms with Gasteiger partial charge in [-0.25, -0.2) is 9.59 Å². The Morgan fingerprint density at radius 1 is 1.37 bits per heavy atom. The molecule has 0 aromatic rings. The second-order valence-electron chi connectivity index (χ2n) is 6.00. The number of hydrogen-bond donors (Lipinski definition) is 2. The molecule has 110 valence electrons. The van der Waals surface area contributed by atoms with Gasteiger partial charge < -0.3 is 20.0 Å². The quantitative estimate of drug-likeness (QED) is 0.807. The Bertz CT molecular complexity index is 370. The molecule has 0 spiro atoms. The van der Waals surface area contributed by atoms with Crippen LogP contribution in [0.25, 0.3) is 0 Å². The Labute approximate surface area is 114 Å². The molecule has 1 rings (SSSR count). The molecular formula is C13H24N2O4. The van der Waals surface area contributed by atoms with Crippen LogP contribution in [0.15, 0.2) is 0 Å². The van der Waals surface area contributed by atoms with E-state index in [0.717, 1.165) is 12.8 Å². The molecule has 19 heavy (non-hydrogen) atoms. The normalized spacial score (nSPS) is 24.2. The topological polar surface area (TPSA) is 81.1 Å². The third-order valence-electron chi connectivity index (χ3n) is 4.16. The van der Waals surface area contributed by atoms with E-state index in [-0.39, 0.29) is 12.6 Å². The van der Waals surface area contributed by atoms with Crippen LogP contribution in [-0.4, -0.2) is 63.3 Å². The first-order valence-electron chi connectivity index (χ1n) is 6.56. The Kier molecular flexibility index (Phi) is 4.45. The van der Waals surface area contributed by atoms with Crippen molar-refractivity contribution in [1.82, 2.24) is 9.80 Å². The molecule has 1 fully saturated rings. The van der Waals surface area contributed by atoms with E-state index in [2.05, 4.69) is 0 Å². The molecule has 1 aliphatic rings. The summed E-state index contributed by atoms with van der Waals surface area (Å²) in [5.41, 5.74) is -1.87. The second kappa shape index (κ2) is 5.36. The molecule has 0 bridgehead atoms. The predicted octanol–water partition coefficient (Wildman–Crippen LogP) is 1.14. The average molecular weight is 272 g/mol. The fraction of sp³-hybridized carbons (Fsp3) is 0.846. The molecule has 6 nitrogen and oxygen atoms in total. The standard InChI is InChI=1S/C13H24N2O4/c1-12(2,9-16)14(4)11(19)15-8-6-5-7-13(15,3)10(17)18/h16H,5-9H2,1-4H3,(H,17,18). The number of carboxylic acids is 1. The number of aliphatic hydroxyl groups excluding tert-OH is 1. The number of urea groups is 1.